The zero-order chi connectivity index (χ0) is 25.3. The van der Waals surface area contributed by atoms with Gasteiger partial charge >= 0.3 is 5.97 Å². The molecule has 0 radical (unpaired) electrons. The third-order valence-electron chi connectivity index (χ3n) is 9.13. The van der Waals surface area contributed by atoms with Crippen LogP contribution in [0.1, 0.15) is 52.9 Å². The summed E-state index contributed by atoms with van der Waals surface area (Å²) in [6, 6.07) is 0. The molecule has 0 saturated heterocycles. The van der Waals surface area contributed by atoms with Gasteiger partial charge in [0.05, 0.1) is 6.10 Å². The Morgan fingerprint density at radius 1 is 1.21 bits per heavy atom. The number of halogens is 1. The highest BCUT2D eigenvalue weighted by molar-refractivity contribution is 6.69. The van der Waals surface area contributed by atoms with Gasteiger partial charge in [-0.2, -0.15) is 0 Å². The summed E-state index contributed by atoms with van der Waals surface area (Å²) in [6.45, 7) is 10.5. The molecule has 6 nitrogen and oxygen atoms in total. The molecular weight excluding hydrogens is 455 g/mol. The summed E-state index contributed by atoms with van der Waals surface area (Å²) < 4.78 is 29.3. The van der Waals surface area contributed by atoms with Gasteiger partial charge in [0.1, 0.15) is 5.60 Å². The first-order valence-corrected chi connectivity index (χ1v) is 15.7. The number of carbonyl (C=O) groups is 3. The predicted molar refractivity (Wildman–Crippen MR) is 127 cm³/mol. The van der Waals surface area contributed by atoms with Crippen molar-refractivity contribution in [3.05, 3.63) is 23.8 Å². The van der Waals surface area contributed by atoms with Crippen LogP contribution in [0.3, 0.4) is 0 Å². The molecule has 0 amide bonds. The molecule has 0 bridgehead atoms. The van der Waals surface area contributed by atoms with Crippen molar-refractivity contribution in [2.45, 2.75) is 89.9 Å². The molecule has 4 aliphatic rings. The maximum atomic E-state index is 17.8. The summed E-state index contributed by atoms with van der Waals surface area (Å²) in [5, 5.41) is 11.8. The van der Waals surface area contributed by atoms with Crippen LogP contribution in [0.15, 0.2) is 23.8 Å². The van der Waals surface area contributed by atoms with E-state index in [0.29, 0.717) is 19.3 Å². The van der Waals surface area contributed by atoms with Crippen LogP contribution in [0, 0.1) is 22.7 Å². The van der Waals surface area contributed by atoms with Crippen molar-refractivity contribution in [3.63, 3.8) is 0 Å². The van der Waals surface area contributed by atoms with E-state index in [0.717, 1.165) is 5.57 Å². The number of fused-ring (bicyclic) bond motifs is 5. The second-order valence-electron chi connectivity index (χ2n) is 12.1. The SMILES string of the molecule is CC(=O)OCC(=O)[C@@]1(O)CC[C@H]2[C@@H]3CCC4=CC(=O)C=C[C@]4(C)[C@@]3(F)[C@@H](O[Si](C)(C)C)C[C@@]21C. The van der Waals surface area contributed by atoms with Gasteiger partial charge in [-0.25, -0.2) is 4.39 Å². The molecule has 4 aliphatic carbocycles. The van der Waals surface area contributed by atoms with Crippen LogP contribution in [-0.4, -0.2) is 54.9 Å². The van der Waals surface area contributed by atoms with Gasteiger partial charge < -0.3 is 14.3 Å². The van der Waals surface area contributed by atoms with Crippen molar-refractivity contribution in [1.29, 1.82) is 0 Å². The molecule has 8 heteroatoms. The van der Waals surface area contributed by atoms with Crippen molar-refractivity contribution in [2.75, 3.05) is 6.61 Å². The summed E-state index contributed by atoms with van der Waals surface area (Å²) in [5.41, 5.74) is -4.60. The Morgan fingerprint density at radius 3 is 2.50 bits per heavy atom. The smallest absolute Gasteiger partial charge is 0.303 e. The lowest BCUT2D eigenvalue weighted by Crippen LogP contribution is -2.70. The molecule has 3 fully saturated rings. The standard InChI is InChI=1S/C26H37FO6Si/c1-16(28)32-15-21(30)25(31)12-10-19-20-8-7-17-13-18(29)9-11-23(17,2)26(20,27)22(14-24(19,25)3)33-34(4,5)6/h9,11,13,19-20,22,31H,7-8,10,12,14-15H2,1-6H3/t19-,20-,22-,23-,24-,25-,26-/m0/s1. The van der Waals surface area contributed by atoms with Crippen LogP contribution in [0.25, 0.3) is 0 Å². The van der Waals surface area contributed by atoms with Crippen molar-refractivity contribution >= 4 is 25.9 Å². The number of ether oxygens (including phenoxy) is 1. The highest BCUT2D eigenvalue weighted by Crippen LogP contribution is 2.70. The largest absolute Gasteiger partial charge is 0.458 e. The molecule has 0 aliphatic heterocycles. The van der Waals surface area contributed by atoms with E-state index in [1.807, 2.05) is 33.5 Å². The number of carbonyl (C=O) groups excluding carboxylic acids is 3. The summed E-state index contributed by atoms with van der Waals surface area (Å²) >= 11 is 0. The fraction of sp³-hybridized carbons (Fsp3) is 0.731. The quantitative estimate of drug-likeness (QED) is 0.459. The topological polar surface area (TPSA) is 89.9 Å². The third-order valence-corrected chi connectivity index (χ3v) is 10.1. The lowest BCUT2D eigenvalue weighted by molar-refractivity contribution is -0.213. The molecule has 7 atom stereocenters. The zero-order valence-electron chi connectivity index (χ0n) is 21.1. The molecule has 3 saturated carbocycles. The van der Waals surface area contributed by atoms with E-state index in [1.165, 1.54) is 13.0 Å². The monoisotopic (exact) mass is 492 g/mol. The first-order chi connectivity index (χ1) is 15.6. The molecule has 34 heavy (non-hydrogen) atoms. The van der Waals surface area contributed by atoms with E-state index >= 15 is 4.39 Å². The maximum Gasteiger partial charge on any atom is 0.303 e. The number of hydrogen-bond donors (Lipinski definition) is 1. The second kappa shape index (κ2) is 7.93. The van der Waals surface area contributed by atoms with Gasteiger partial charge in [0, 0.05) is 23.7 Å². The van der Waals surface area contributed by atoms with Crippen molar-refractivity contribution in [3.8, 4) is 0 Å². The van der Waals surface area contributed by atoms with Gasteiger partial charge in [-0.05, 0) is 76.7 Å². The van der Waals surface area contributed by atoms with E-state index in [1.54, 1.807) is 12.2 Å². The molecule has 0 aromatic heterocycles. The van der Waals surface area contributed by atoms with Crippen LogP contribution in [0.4, 0.5) is 4.39 Å². The number of esters is 1. The summed E-state index contributed by atoms with van der Waals surface area (Å²) in [5.74, 6) is -1.92. The predicted octanol–water partition coefficient (Wildman–Crippen LogP) is 4.08. The van der Waals surface area contributed by atoms with Gasteiger partial charge in [0.25, 0.3) is 0 Å². The highest BCUT2D eigenvalue weighted by Gasteiger charge is 2.74. The second-order valence-corrected chi connectivity index (χ2v) is 16.5. The lowest BCUT2D eigenvalue weighted by atomic mass is 9.44. The molecule has 0 spiro atoms. The normalized spacial score (nSPS) is 43.5. The van der Waals surface area contributed by atoms with Crippen molar-refractivity contribution in [2.24, 2.45) is 22.7 Å². The molecule has 0 heterocycles. The Kier molecular flexibility index (Phi) is 5.94. The number of allylic oxidation sites excluding steroid dienone is 4. The van der Waals surface area contributed by atoms with Crippen LogP contribution in [0.5, 0.6) is 0 Å². The number of hydrogen-bond acceptors (Lipinski definition) is 6. The summed E-state index contributed by atoms with van der Waals surface area (Å²) in [6.07, 6.45) is 5.91. The lowest BCUT2D eigenvalue weighted by Gasteiger charge is -2.64. The van der Waals surface area contributed by atoms with Crippen LogP contribution < -0.4 is 0 Å². The van der Waals surface area contributed by atoms with Gasteiger partial charge in [-0.1, -0.05) is 18.6 Å². The molecule has 0 aromatic rings. The minimum Gasteiger partial charge on any atom is -0.458 e. The first-order valence-electron chi connectivity index (χ1n) is 12.3. The molecule has 0 aromatic carbocycles. The van der Waals surface area contributed by atoms with Crippen molar-refractivity contribution < 1.29 is 33.0 Å². The van der Waals surface area contributed by atoms with Crippen LogP contribution in [0.2, 0.25) is 19.6 Å². The number of alkyl halides is 1. The number of Topliss-reactive ketones (excluding diaryl/α,β-unsaturated/α-hetero) is 1. The van der Waals surface area contributed by atoms with Gasteiger partial charge in [0.2, 0.25) is 5.78 Å². The van der Waals surface area contributed by atoms with Crippen molar-refractivity contribution in [1.82, 2.24) is 0 Å². The maximum absolute atomic E-state index is 17.8. The van der Waals surface area contributed by atoms with Crippen LogP contribution in [-0.2, 0) is 23.5 Å². The Bertz CT molecular complexity index is 984. The average molecular weight is 493 g/mol. The fourth-order valence-electron chi connectivity index (χ4n) is 7.48. The highest BCUT2D eigenvalue weighted by atomic mass is 28.4. The van der Waals surface area contributed by atoms with E-state index in [2.05, 4.69) is 0 Å². The Balaban J connectivity index is 1.81. The van der Waals surface area contributed by atoms with Gasteiger partial charge in [-0.3, -0.25) is 14.4 Å². The third kappa shape index (κ3) is 3.51. The number of aliphatic hydroxyl groups is 1. The minimum absolute atomic E-state index is 0.121. The van der Waals surface area contributed by atoms with E-state index in [9.17, 15) is 19.5 Å². The molecule has 4 rings (SSSR count). The van der Waals surface area contributed by atoms with Crippen LogP contribution >= 0.6 is 0 Å². The average Bonchev–Trinajstić information content (AvgIpc) is 2.98. The molecule has 1 N–H and O–H groups in total. The zero-order valence-corrected chi connectivity index (χ0v) is 22.1. The number of rotatable bonds is 5. The number of ketones is 2. The van der Waals surface area contributed by atoms with E-state index in [-0.39, 0.29) is 24.5 Å². The van der Waals surface area contributed by atoms with Gasteiger partial charge in [-0.15, -0.1) is 0 Å². The molecule has 0 unspecified atom stereocenters. The summed E-state index contributed by atoms with van der Waals surface area (Å²) in [7, 11) is -2.24. The van der Waals surface area contributed by atoms with E-state index in [4.69, 9.17) is 9.16 Å². The summed E-state index contributed by atoms with van der Waals surface area (Å²) in [4.78, 5) is 36.6. The first kappa shape index (κ1) is 25.4. The van der Waals surface area contributed by atoms with E-state index < -0.39 is 60.8 Å². The Hall–Kier alpha value is -1.64. The molecule has 188 valence electrons. The Morgan fingerprint density at radius 2 is 1.88 bits per heavy atom. The molecular formula is C26H37FO6Si. The Labute approximate surface area is 202 Å². The van der Waals surface area contributed by atoms with Gasteiger partial charge in [0.15, 0.2) is 26.4 Å². The fourth-order valence-corrected chi connectivity index (χ4v) is 8.59. The minimum atomic E-state index is -2.24.